The van der Waals surface area contributed by atoms with E-state index in [9.17, 15) is 4.79 Å². The zero-order valence-corrected chi connectivity index (χ0v) is 11.3. The predicted molar refractivity (Wildman–Crippen MR) is 68.8 cm³/mol. The van der Waals surface area contributed by atoms with Crippen LogP contribution in [0.5, 0.6) is 0 Å². The van der Waals surface area contributed by atoms with E-state index in [1.807, 2.05) is 0 Å². The van der Waals surface area contributed by atoms with Gasteiger partial charge in [-0.25, -0.2) is 0 Å². The van der Waals surface area contributed by atoms with E-state index in [0.29, 0.717) is 12.3 Å². The minimum Gasteiger partial charge on any atom is -0.481 e. The van der Waals surface area contributed by atoms with Crippen molar-refractivity contribution in [3.8, 4) is 0 Å². The summed E-state index contributed by atoms with van der Waals surface area (Å²) in [5.41, 5.74) is 1.94. The third kappa shape index (κ3) is 2.14. The lowest BCUT2D eigenvalue weighted by molar-refractivity contribution is -0.139. The van der Waals surface area contributed by atoms with Crippen LogP contribution in [0.15, 0.2) is 11.6 Å². The quantitative estimate of drug-likeness (QED) is 0.735. The number of aliphatic carboxylic acids is 1. The minimum absolute atomic E-state index is 0.137. The second-order valence-electron chi connectivity index (χ2n) is 6.64. The van der Waals surface area contributed by atoms with Gasteiger partial charge in [0.1, 0.15) is 0 Å². The van der Waals surface area contributed by atoms with Gasteiger partial charge in [0.25, 0.3) is 0 Å². The molecule has 2 unspecified atom stereocenters. The van der Waals surface area contributed by atoms with Crippen molar-refractivity contribution in [1.29, 1.82) is 0 Å². The Morgan fingerprint density at radius 3 is 2.76 bits per heavy atom. The van der Waals surface area contributed by atoms with Crippen LogP contribution in [0, 0.1) is 16.7 Å². The molecule has 2 heteroatoms. The van der Waals surface area contributed by atoms with Crippen LogP contribution < -0.4 is 0 Å². The number of rotatable bonds is 2. The van der Waals surface area contributed by atoms with E-state index in [4.69, 9.17) is 5.11 Å². The molecule has 0 aromatic heterocycles. The smallest absolute Gasteiger partial charge is 0.303 e. The first-order chi connectivity index (χ1) is 7.86. The van der Waals surface area contributed by atoms with Crippen molar-refractivity contribution < 1.29 is 9.90 Å². The fraction of sp³-hybridized carbons (Fsp3) is 0.800. The molecule has 1 N–H and O–H groups in total. The number of allylic oxidation sites excluding steroid dienone is 2. The number of hydrogen-bond donors (Lipinski definition) is 1. The van der Waals surface area contributed by atoms with Gasteiger partial charge in [-0.3, -0.25) is 4.79 Å². The molecule has 0 heterocycles. The first kappa shape index (κ1) is 12.7. The van der Waals surface area contributed by atoms with Crippen molar-refractivity contribution in [2.75, 3.05) is 0 Å². The molecule has 1 saturated carbocycles. The Balaban J connectivity index is 2.32. The molecule has 2 rings (SSSR count). The van der Waals surface area contributed by atoms with Crippen molar-refractivity contribution in [2.45, 2.75) is 59.3 Å². The van der Waals surface area contributed by atoms with Gasteiger partial charge in [-0.05, 0) is 42.4 Å². The topological polar surface area (TPSA) is 37.3 Å². The van der Waals surface area contributed by atoms with E-state index in [-0.39, 0.29) is 10.8 Å². The molecule has 0 bridgehead atoms. The first-order valence-electron chi connectivity index (χ1n) is 6.79. The van der Waals surface area contributed by atoms with Crippen molar-refractivity contribution >= 4 is 5.97 Å². The molecule has 0 aromatic carbocycles. The van der Waals surface area contributed by atoms with E-state index in [1.165, 1.54) is 24.8 Å². The average molecular weight is 236 g/mol. The van der Waals surface area contributed by atoms with Gasteiger partial charge in [0.2, 0.25) is 0 Å². The molecule has 0 radical (unpaired) electrons. The summed E-state index contributed by atoms with van der Waals surface area (Å²) in [6, 6.07) is 0. The zero-order valence-electron chi connectivity index (χ0n) is 11.3. The first-order valence-corrected chi connectivity index (χ1v) is 6.79. The van der Waals surface area contributed by atoms with Crippen LogP contribution in [0.3, 0.4) is 0 Å². The molecule has 2 atom stereocenters. The highest BCUT2D eigenvalue weighted by Crippen LogP contribution is 2.57. The van der Waals surface area contributed by atoms with E-state index < -0.39 is 5.97 Å². The van der Waals surface area contributed by atoms with E-state index in [1.54, 1.807) is 0 Å². The minimum atomic E-state index is -0.638. The summed E-state index contributed by atoms with van der Waals surface area (Å²) in [6.07, 6.45) is 8.49. The summed E-state index contributed by atoms with van der Waals surface area (Å²) >= 11 is 0. The second kappa shape index (κ2) is 4.15. The van der Waals surface area contributed by atoms with Crippen LogP contribution in [0.25, 0.3) is 0 Å². The average Bonchev–Trinajstić information content (AvgIpc) is 2.18. The molecule has 1 fully saturated rings. The van der Waals surface area contributed by atoms with Gasteiger partial charge in [-0.2, -0.15) is 0 Å². The largest absolute Gasteiger partial charge is 0.481 e. The molecule has 2 aliphatic rings. The predicted octanol–water partition coefficient (Wildman–Crippen LogP) is 4.01. The molecule has 0 saturated heterocycles. The Kier molecular flexibility index (Phi) is 3.09. The number of hydrogen-bond acceptors (Lipinski definition) is 1. The van der Waals surface area contributed by atoms with E-state index in [2.05, 4.69) is 26.8 Å². The summed E-state index contributed by atoms with van der Waals surface area (Å²) in [6.45, 7) is 6.94. The van der Waals surface area contributed by atoms with Gasteiger partial charge in [-0.1, -0.05) is 38.8 Å². The number of carboxylic acids is 1. The monoisotopic (exact) mass is 236 g/mol. The van der Waals surface area contributed by atoms with Crippen molar-refractivity contribution in [2.24, 2.45) is 16.7 Å². The lowest BCUT2D eigenvalue weighted by Crippen LogP contribution is -2.42. The Hall–Kier alpha value is -0.790. The lowest BCUT2D eigenvalue weighted by Gasteiger charge is -2.52. The summed E-state index contributed by atoms with van der Waals surface area (Å²) in [5.74, 6) is -0.305. The summed E-state index contributed by atoms with van der Waals surface area (Å²) in [4.78, 5) is 11.0. The molecule has 2 aliphatic carbocycles. The fourth-order valence-corrected chi connectivity index (χ4v) is 4.16. The van der Waals surface area contributed by atoms with Gasteiger partial charge in [0.05, 0.1) is 0 Å². The van der Waals surface area contributed by atoms with Crippen LogP contribution in [0.4, 0.5) is 0 Å². The SMILES string of the molecule is CC1(C)CCCC2(C)C1=CCCC2CC(=O)O. The van der Waals surface area contributed by atoms with Crippen LogP contribution in [-0.2, 0) is 4.79 Å². The summed E-state index contributed by atoms with van der Waals surface area (Å²) in [7, 11) is 0. The maximum absolute atomic E-state index is 11.0. The Morgan fingerprint density at radius 1 is 1.41 bits per heavy atom. The second-order valence-corrected chi connectivity index (χ2v) is 6.64. The van der Waals surface area contributed by atoms with Gasteiger partial charge < -0.3 is 5.11 Å². The van der Waals surface area contributed by atoms with Crippen molar-refractivity contribution in [3.63, 3.8) is 0 Å². The van der Waals surface area contributed by atoms with Gasteiger partial charge >= 0.3 is 5.97 Å². The standard InChI is InChI=1S/C15H24O2/c1-14(2)8-5-9-15(3)11(10-13(16)17)6-4-7-12(14)15/h7,11H,4-6,8-10H2,1-3H3,(H,16,17). The Bertz CT molecular complexity index is 354. The molecule has 96 valence electrons. The number of fused-ring (bicyclic) bond motifs is 1. The highest BCUT2D eigenvalue weighted by atomic mass is 16.4. The van der Waals surface area contributed by atoms with Gasteiger partial charge in [-0.15, -0.1) is 0 Å². The molecule has 2 nitrogen and oxygen atoms in total. The lowest BCUT2D eigenvalue weighted by atomic mass is 9.53. The molecule has 17 heavy (non-hydrogen) atoms. The van der Waals surface area contributed by atoms with Gasteiger partial charge in [0, 0.05) is 6.42 Å². The Labute approximate surface area is 104 Å². The molecular formula is C15H24O2. The maximum atomic E-state index is 11.0. The number of carboxylic acid groups (broad SMARTS) is 1. The molecular weight excluding hydrogens is 212 g/mol. The third-order valence-corrected chi connectivity index (χ3v) is 5.03. The fourth-order valence-electron chi connectivity index (χ4n) is 4.16. The highest BCUT2D eigenvalue weighted by molar-refractivity contribution is 5.67. The Morgan fingerprint density at radius 2 is 2.12 bits per heavy atom. The zero-order chi connectivity index (χ0) is 12.7. The summed E-state index contributed by atoms with van der Waals surface area (Å²) < 4.78 is 0. The van der Waals surface area contributed by atoms with Crippen LogP contribution in [0.2, 0.25) is 0 Å². The van der Waals surface area contributed by atoms with Gasteiger partial charge in [0.15, 0.2) is 0 Å². The van der Waals surface area contributed by atoms with Crippen LogP contribution >= 0.6 is 0 Å². The van der Waals surface area contributed by atoms with E-state index >= 15 is 0 Å². The summed E-state index contributed by atoms with van der Waals surface area (Å²) in [5, 5.41) is 9.08. The molecule has 0 amide bonds. The normalized spacial score (nSPS) is 35.9. The molecule has 0 spiro atoms. The van der Waals surface area contributed by atoms with Crippen molar-refractivity contribution in [1.82, 2.24) is 0 Å². The van der Waals surface area contributed by atoms with E-state index in [0.717, 1.165) is 12.8 Å². The molecule has 0 aliphatic heterocycles. The van der Waals surface area contributed by atoms with Crippen LogP contribution in [-0.4, -0.2) is 11.1 Å². The molecule has 0 aromatic rings. The maximum Gasteiger partial charge on any atom is 0.303 e. The van der Waals surface area contributed by atoms with Crippen LogP contribution in [0.1, 0.15) is 59.3 Å². The third-order valence-electron chi connectivity index (χ3n) is 5.03. The highest BCUT2D eigenvalue weighted by Gasteiger charge is 2.47. The van der Waals surface area contributed by atoms with Crippen molar-refractivity contribution in [3.05, 3.63) is 11.6 Å². The number of carbonyl (C=O) groups is 1.